The summed E-state index contributed by atoms with van der Waals surface area (Å²) >= 11 is 0. The van der Waals surface area contributed by atoms with Crippen molar-refractivity contribution in [2.75, 3.05) is 71.0 Å². The lowest BCUT2D eigenvalue weighted by Crippen LogP contribution is -2.36. The first kappa shape index (κ1) is 49.3. The Morgan fingerprint density at radius 3 is 1.95 bits per heavy atom. The molecule has 0 atom stereocenters. The van der Waals surface area contributed by atoms with Crippen molar-refractivity contribution in [3.05, 3.63) is 92.8 Å². The summed E-state index contributed by atoms with van der Waals surface area (Å²) in [5, 5.41) is 18.7. The van der Waals surface area contributed by atoms with Gasteiger partial charge in [0.1, 0.15) is 26.4 Å². The van der Waals surface area contributed by atoms with Crippen LogP contribution in [0.4, 0.5) is 15.4 Å². The lowest BCUT2D eigenvalue weighted by Gasteiger charge is -2.26. The molecule has 2 heterocycles. The van der Waals surface area contributed by atoms with Gasteiger partial charge in [-0.3, -0.25) is 0 Å². The van der Waals surface area contributed by atoms with Crippen molar-refractivity contribution in [1.29, 1.82) is 0 Å². The molecule has 0 aliphatic carbocycles. The minimum Gasteiger partial charge on any atom is -0.493 e. The van der Waals surface area contributed by atoms with Gasteiger partial charge >= 0.3 is 12.3 Å². The van der Waals surface area contributed by atoms with E-state index in [2.05, 4.69) is 29.6 Å². The first-order valence-corrected chi connectivity index (χ1v) is 20.5. The Labute approximate surface area is 365 Å². The van der Waals surface area contributed by atoms with Gasteiger partial charge < -0.3 is 47.6 Å². The number of anilines is 1. The van der Waals surface area contributed by atoms with E-state index >= 15 is 0 Å². The smallest absolute Gasteiger partial charge is 0.493 e. The topological polar surface area (TPSA) is 302 Å². The van der Waals surface area contributed by atoms with E-state index in [4.69, 9.17) is 37.9 Å². The third-order valence-electron chi connectivity index (χ3n) is 8.08. The van der Waals surface area contributed by atoms with Crippen LogP contribution >= 0.6 is 0 Å². The van der Waals surface area contributed by atoms with Crippen LogP contribution in [0.5, 0.6) is 23.1 Å². The molecule has 346 valence electrons. The third-order valence-corrected chi connectivity index (χ3v) is 9.80. The number of nitrogens with zero attached hydrogens (tertiary/aromatic N) is 7. The molecule has 0 spiro atoms. The lowest BCUT2D eigenvalue weighted by atomic mass is 9.87. The Morgan fingerprint density at radius 1 is 0.703 bits per heavy atom. The maximum atomic E-state index is 14.8. The molecule has 0 N–H and O–H groups in total. The van der Waals surface area contributed by atoms with E-state index < -0.39 is 76.5 Å². The SMILES string of the molecule is COc1ccccc1Oc1c(OCCOC(=O)OCCCCO[N+](=O)[O-])nc(-c2ncccn2)nc1N(COC(=O)OCCOCCO[N+](=O)[O-])S(=O)(=O)c1ccc(C(C)(C)C)cc1. The fourth-order valence-electron chi connectivity index (χ4n) is 5.01. The van der Waals surface area contributed by atoms with Crippen molar-refractivity contribution in [1.82, 2.24) is 19.9 Å². The Bertz CT molecular complexity index is 2270. The number of carbonyl (C=O) groups excluding carboxylic acids is 2. The zero-order valence-electron chi connectivity index (χ0n) is 35.0. The average molecular weight is 920 g/mol. The van der Waals surface area contributed by atoms with Crippen molar-refractivity contribution >= 4 is 28.2 Å². The summed E-state index contributed by atoms with van der Waals surface area (Å²) in [5.74, 6) is -1.61. The number of unbranched alkanes of at least 4 members (excludes halogenated alkanes) is 1. The summed E-state index contributed by atoms with van der Waals surface area (Å²) in [6, 6.07) is 13.8. The van der Waals surface area contributed by atoms with Crippen molar-refractivity contribution < 1.29 is 75.8 Å². The molecule has 26 heteroatoms. The molecule has 0 aliphatic rings. The number of carbonyl (C=O) groups is 2. The second kappa shape index (κ2) is 24.3. The fraction of sp³-hybridized carbons (Fsp3) is 0.421. The van der Waals surface area contributed by atoms with Gasteiger partial charge in [-0.1, -0.05) is 45.0 Å². The van der Waals surface area contributed by atoms with Crippen molar-refractivity contribution in [2.24, 2.45) is 0 Å². The molecule has 0 saturated carbocycles. The van der Waals surface area contributed by atoms with Gasteiger partial charge in [0.2, 0.25) is 11.6 Å². The van der Waals surface area contributed by atoms with E-state index in [-0.39, 0.29) is 79.3 Å². The van der Waals surface area contributed by atoms with Crippen LogP contribution in [-0.2, 0) is 48.8 Å². The van der Waals surface area contributed by atoms with E-state index in [9.17, 15) is 38.2 Å². The molecule has 25 nitrogen and oxygen atoms in total. The molecule has 64 heavy (non-hydrogen) atoms. The van der Waals surface area contributed by atoms with Crippen LogP contribution in [0, 0.1) is 20.2 Å². The molecule has 0 saturated heterocycles. The van der Waals surface area contributed by atoms with Gasteiger partial charge in [-0.2, -0.15) is 4.98 Å². The molecule has 2 aromatic heterocycles. The Hall–Kier alpha value is -7.35. The summed E-state index contributed by atoms with van der Waals surface area (Å²) < 4.78 is 73.5. The lowest BCUT2D eigenvalue weighted by molar-refractivity contribution is -0.758. The number of benzene rings is 2. The summed E-state index contributed by atoms with van der Waals surface area (Å²) in [7, 11) is -3.41. The highest BCUT2D eigenvalue weighted by Crippen LogP contribution is 2.43. The average Bonchev–Trinajstić information content (AvgIpc) is 3.26. The molecule has 2 aromatic carbocycles. The summed E-state index contributed by atoms with van der Waals surface area (Å²) in [6.45, 7) is 2.41. The highest BCUT2D eigenvalue weighted by molar-refractivity contribution is 7.92. The molecule has 0 unspecified atom stereocenters. The monoisotopic (exact) mass is 919 g/mol. The van der Waals surface area contributed by atoms with E-state index in [1.165, 1.54) is 43.8 Å². The number of hydrogen-bond donors (Lipinski definition) is 0. The first-order valence-electron chi connectivity index (χ1n) is 19.1. The Morgan fingerprint density at radius 2 is 1.30 bits per heavy atom. The van der Waals surface area contributed by atoms with Crippen LogP contribution < -0.4 is 18.5 Å². The van der Waals surface area contributed by atoms with Gasteiger partial charge in [0.25, 0.3) is 26.1 Å². The zero-order valence-corrected chi connectivity index (χ0v) is 35.8. The number of ether oxygens (including phenoxy) is 8. The van der Waals surface area contributed by atoms with Crippen LogP contribution in [0.3, 0.4) is 0 Å². The quantitative estimate of drug-likeness (QED) is 0.0260. The number of methoxy groups -OCH3 is 1. The van der Waals surface area contributed by atoms with E-state index in [1.807, 2.05) is 20.8 Å². The molecule has 4 rings (SSSR count). The van der Waals surface area contributed by atoms with Gasteiger partial charge in [-0.05, 0) is 54.2 Å². The number of hydrogen-bond acceptors (Lipinski definition) is 22. The second-order valence-electron chi connectivity index (χ2n) is 13.6. The largest absolute Gasteiger partial charge is 0.510 e. The predicted octanol–water partition coefficient (Wildman–Crippen LogP) is 5.08. The molecule has 0 bridgehead atoms. The van der Waals surface area contributed by atoms with E-state index in [0.29, 0.717) is 4.31 Å². The van der Waals surface area contributed by atoms with Gasteiger partial charge in [-0.25, -0.2) is 37.3 Å². The minimum atomic E-state index is -4.77. The normalized spacial score (nSPS) is 11.1. The van der Waals surface area contributed by atoms with Crippen molar-refractivity contribution in [2.45, 2.75) is 43.9 Å². The molecule has 0 fully saturated rings. The highest BCUT2D eigenvalue weighted by atomic mass is 32.2. The van der Waals surface area contributed by atoms with Crippen LogP contribution in [-0.4, -0.2) is 118 Å². The van der Waals surface area contributed by atoms with Crippen molar-refractivity contribution in [3.8, 4) is 34.8 Å². The van der Waals surface area contributed by atoms with Gasteiger partial charge in [0.15, 0.2) is 29.9 Å². The number of rotatable bonds is 26. The van der Waals surface area contributed by atoms with E-state index in [1.54, 1.807) is 30.3 Å². The molecule has 0 amide bonds. The number of sulfonamides is 1. The zero-order chi connectivity index (χ0) is 46.5. The molecule has 0 aliphatic heterocycles. The van der Waals surface area contributed by atoms with Gasteiger partial charge in [-0.15, -0.1) is 20.2 Å². The maximum Gasteiger partial charge on any atom is 0.510 e. The molecule has 4 aromatic rings. The fourth-order valence-corrected chi connectivity index (χ4v) is 6.29. The molecular formula is C38H45N7O18S. The van der Waals surface area contributed by atoms with Crippen LogP contribution in [0.25, 0.3) is 11.6 Å². The van der Waals surface area contributed by atoms with Crippen LogP contribution in [0.1, 0.15) is 39.2 Å². The molecular weight excluding hydrogens is 875 g/mol. The van der Waals surface area contributed by atoms with Crippen LogP contribution in [0.15, 0.2) is 71.9 Å². The Balaban J connectivity index is 1.74. The third kappa shape index (κ3) is 15.5. The summed E-state index contributed by atoms with van der Waals surface area (Å²) in [4.78, 5) is 71.3. The Kier molecular flexibility index (Phi) is 18.7. The first-order chi connectivity index (χ1) is 30.6. The summed E-state index contributed by atoms with van der Waals surface area (Å²) in [5.41, 5.74) is 0.452. The number of para-hydroxylation sites is 2. The van der Waals surface area contributed by atoms with Crippen LogP contribution in [0.2, 0.25) is 0 Å². The molecule has 0 radical (unpaired) electrons. The van der Waals surface area contributed by atoms with Gasteiger partial charge in [0, 0.05) is 12.4 Å². The minimum absolute atomic E-state index is 0.0302. The predicted molar refractivity (Wildman–Crippen MR) is 217 cm³/mol. The number of aromatic nitrogens is 4. The maximum absolute atomic E-state index is 14.8. The summed E-state index contributed by atoms with van der Waals surface area (Å²) in [6.07, 6.45) is 0.813. The van der Waals surface area contributed by atoms with Crippen molar-refractivity contribution in [3.63, 3.8) is 0 Å². The van der Waals surface area contributed by atoms with E-state index in [0.717, 1.165) is 5.56 Å². The highest BCUT2D eigenvalue weighted by Gasteiger charge is 2.35. The second-order valence-corrected chi connectivity index (χ2v) is 15.4. The standard InChI is InChI=1S/C38H45N7O18S/c1-38(2,3)27-12-14-28(15-13-27)64(52,53)43(26-60-37(47)58-22-20-55-21-25-62-45(50)51)34-31(63-30-11-6-5-10-29(30)54-4)35(42-33(41-34)32-39-16-9-17-40-32)56-23-24-59-36(46)57-18-7-8-19-61-44(48)49/h5-6,9-17H,7-8,18-26H2,1-4H3. The van der Waals surface area contributed by atoms with Gasteiger partial charge in [0.05, 0.1) is 38.4 Å².